The number of nitrogens with one attached hydrogen (secondary N) is 3. The minimum Gasteiger partial charge on any atom is -0.496 e. The predicted molar refractivity (Wildman–Crippen MR) is 156 cm³/mol. The van der Waals surface area contributed by atoms with Crippen molar-refractivity contribution < 1.29 is 14.3 Å². The van der Waals surface area contributed by atoms with Gasteiger partial charge in [0.2, 0.25) is 5.91 Å². The number of aliphatic imine (C=N–C) groups is 1. The number of nitrogens with zero attached hydrogens (tertiary/aromatic N) is 1. The van der Waals surface area contributed by atoms with Crippen LogP contribution in [0.2, 0.25) is 0 Å². The number of carbonyl (C=O) groups excluding carboxylic acids is 2. The summed E-state index contributed by atoms with van der Waals surface area (Å²) in [7, 11) is 1.62. The van der Waals surface area contributed by atoms with Gasteiger partial charge in [-0.05, 0) is 80.3 Å². The molecule has 4 rings (SSSR count). The molecule has 1 aliphatic rings. The topological polar surface area (TPSA) is 91.8 Å². The molecule has 0 radical (unpaired) electrons. The highest BCUT2D eigenvalue weighted by Crippen LogP contribution is 2.35. The van der Waals surface area contributed by atoms with Gasteiger partial charge in [-0.3, -0.25) is 9.59 Å². The van der Waals surface area contributed by atoms with Crippen LogP contribution in [0.25, 0.3) is 0 Å². The maximum atomic E-state index is 13.4. The van der Waals surface area contributed by atoms with Crippen LogP contribution in [0.5, 0.6) is 5.75 Å². The smallest absolute Gasteiger partial charge is 0.255 e. The second-order valence-corrected chi connectivity index (χ2v) is 10.2. The summed E-state index contributed by atoms with van der Waals surface area (Å²) in [6, 6.07) is 20.5. The lowest BCUT2D eigenvalue weighted by Crippen LogP contribution is -2.32. The number of methoxy groups -OCH3 is 1. The Morgan fingerprint density at radius 3 is 2.32 bits per heavy atom. The Morgan fingerprint density at radius 1 is 0.921 bits per heavy atom. The molecular formula is C30H32N4O3S. The molecule has 2 amide bonds. The molecule has 0 aliphatic carbocycles. The molecule has 8 heteroatoms. The fourth-order valence-corrected chi connectivity index (χ4v) is 5.11. The number of benzene rings is 3. The lowest BCUT2D eigenvalue weighted by molar-refractivity contribution is -0.114. The zero-order valence-corrected chi connectivity index (χ0v) is 23.0. The molecule has 0 fully saturated rings. The first-order valence-electron chi connectivity index (χ1n) is 12.3. The average molecular weight is 529 g/mol. The van der Waals surface area contributed by atoms with Crippen LogP contribution >= 0.6 is 11.8 Å². The zero-order chi connectivity index (χ0) is 27.2. The van der Waals surface area contributed by atoms with Crippen LogP contribution in [0.1, 0.15) is 35.2 Å². The first kappa shape index (κ1) is 27.0. The number of amidine groups is 1. The van der Waals surface area contributed by atoms with Crippen LogP contribution in [0.4, 0.5) is 11.4 Å². The Morgan fingerprint density at radius 2 is 1.63 bits per heavy atom. The van der Waals surface area contributed by atoms with E-state index < -0.39 is 6.04 Å². The van der Waals surface area contributed by atoms with Crippen molar-refractivity contribution in [3.63, 3.8) is 0 Å². The largest absolute Gasteiger partial charge is 0.496 e. The van der Waals surface area contributed by atoms with Crippen molar-refractivity contribution in [1.29, 1.82) is 0 Å². The van der Waals surface area contributed by atoms with E-state index in [1.54, 1.807) is 7.11 Å². The Hall–Kier alpha value is -4.04. The average Bonchev–Trinajstić information content (AvgIpc) is 2.87. The van der Waals surface area contributed by atoms with Crippen LogP contribution in [0, 0.1) is 20.8 Å². The van der Waals surface area contributed by atoms with Crippen molar-refractivity contribution >= 4 is 40.1 Å². The Bertz CT molecular complexity index is 1400. The molecular weight excluding hydrogens is 496 g/mol. The van der Waals surface area contributed by atoms with Crippen LogP contribution < -0.4 is 20.7 Å². The van der Waals surface area contributed by atoms with E-state index in [-0.39, 0.29) is 17.6 Å². The number of anilines is 2. The molecule has 3 N–H and O–H groups in total. The third-order valence-corrected chi connectivity index (χ3v) is 6.98. The summed E-state index contributed by atoms with van der Waals surface area (Å²) in [5.41, 5.74) is 6.64. The molecule has 0 saturated carbocycles. The van der Waals surface area contributed by atoms with Crippen molar-refractivity contribution in [3.8, 4) is 5.75 Å². The van der Waals surface area contributed by atoms with Crippen LogP contribution in [-0.2, 0) is 9.59 Å². The van der Waals surface area contributed by atoms with Crippen molar-refractivity contribution in [2.75, 3.05) is 23.5 Å². The molecule has 1 aliphatic heterocycles. The van der Waals surface area contributed by atoms with E-state index in [1.807, 2.05) is 88.4 Å². The SMILES string of the molecule is COc1cc([C@H]2N=C(SCC(=O)Nc3cc(C)cc(C)c3)NC(C)=C2C(=O)Nc2ccccc2)ccc1C. The summed E-state index contributed by atoms with van der Waals surface area (Å²) >= 11 is 1.30. The predicted octanol–water partition coefficient (Wildman–Crippen LogP) is 5.91. The monoisotopic (exact) mass is 528 g/mol. The molecule has 0 aromatic heterocycles. The number of hydrogen-bond acceptors (Lipinski definition) is 6. The van der Waals surface area contributed by atoms with E-state index in [0.717, 1.165) is 33.7 Å². The van der Waals surface area contributed by atoms with E-state index in [0.29, 0.717) is 22.1 Å². The molecule has 3 aromatic rings. The standard InChI is InChI=1S/C30H32N4O3S/c1-18-13-19(2)15-24(14-18)32-26(35)17-38-30-31-21(4)27(29(36)33-23-9-7-6-8-10-23)28(34-30)22-12-11-20(3)25(16-22)37-5/h6-16,28H,17H2,1-5H3,(H,31,34)(H,32,35)(H,33,36)/t28-/m1/s1. The fraction of sp³-hybridized carbons (Fsp3) is 0.233. The van der Waals surface area contributed by atoms with Gasteiger partial charge in [-0.25, -0.2) is 4.99 Å². The van der Waals surface area contributed by atoms with Gasteiger partial charge in [-0.2, -0.15) is 0 Å². The maximum absolute atomic E-state index is 13.4. The van der Waals surface area contributed by atoms with Crippen LogP contribution in [-0.4, -0.2) is 29.8 Å². The summed E-state index contributed by atoms with van der Waals surface area (Å²) in [4.78, 5) is 31.0. The number of carbonyl (C=O) groups is 2. The number of allylic oxidation sites excluding steroid dienone is 1. The number of ether oxygens (including phenoxy) is 1. The summed E-state index contributed by atoms with van der Waals surface area (Å²) in [5.74, 6) is 0.513. The molecule has 0 spiro atoms. The normalized spacial score (nSPS) is 14.9. The first-order valence-corrected chi connectivity index (χ1v) is 13.3. The van der Waals surface area contributed by atoms with E-state index in [2.05, 4.69) is 22.0 Å². The highest BCUT2D eigenvalue weighted by molar-refractivity contribution is 8.14. The number of amides is 2. The van der Waals surface area contributed by atoms with E-state index in [4.69, 9.17) is 9.73 Å². The summed E-state index contributed by atoms with van der Waals surface area (Å²) < 4.78 is 5.53. The van der Waals surface area contributed by atoms with Gasteiger partial charge in [0.15, 0.2) is 5.17 Å². The molecule has 1 heterocycles. The van der Waals surface area contributed by atoms with Crippen LogP contribution in [0.3, 0.4) is 0 Å². The number of rotatable bonds is 7. The maximum Gasteiger partial charge on any atom is 0.255 e. The van der Waals surface area contributed by atoms with Gasteiger partial charge < -0.3 is 20.7 Å². The van der Waals surface area contributed by atoms with Crippen molar-refractivity contribution in [1.82, 2.24) is 5.32 Å². The molecule has 3 aromatic carbocycles. The Balaban J connectivity index is 1.57. The van der Waals surface area contributed by atoms with Crippen molar-refractivity contribution in [2.24, 2.45) is 4.99 Å². The molecule has 7 nitrogen and oxygen atoms in total. The van der Waals surface area contributed by atoms with Gasteiger partial charge in [0.05, 0.1) is 18.4 Å². The number of para-hydroxylation sites is 1. The van der Waals surface area contributed by atoms with Gasteiger partial charge >= 0.3 is 0 Å². The van der Waals surface area contributed by atoms with Crippen molar-refractivity contribution in [3.05, 3.63) is 100 Å². The lowest BCUT2D eigenvalue weighted by atomic mass is 9.94. The quantitative estimate of drug-likeness (QED) is 0.355. The zero-order valence-electron chi connectivity index (χ0n) is 22.2. The van der Waals surface area contributed by atoms with Gasteiger partial charge in [-0.15, -0.1) is 0 Å². The van der Waals surface area contributed by atoms with E-state index in [1.165, 1.54) is 11.8 Å². The fourth-order valence-electron chi connectivity index (χ4n) is 4.36. The highest BCUT2D eigenvalue weighted by atomic mass is 32.2. The number of hydrogen-bond donors (Lipinski definition) is 3. The van der Waals surface area contributed by atoms with Gasteiger partial charge in [0, 0.05) is 17.1 Å². The number of aryl methyl sites for hydroxylation is 3. The second kappa shape index (κ2) is 12.0. The van der Waals surface area contributed by atoms with E-state index in [9.17, 15) is 9.59 Å². The summed E-state index contributed by atoms with van der Waals surface area (Å²) in [5, 5.41) is 9.73. The second-order valence-electron chi connectivity index (χ2n) is 9.26. The number of thioether (sulfide) groups is 1. The molecule has 0 unspecified atom stereocenters. The third kappa shape index (κ3) is 6.63. The summed E-state index contributed by atoms with van der Waals surface area (Å²) in [6.07, 6.45) is 0. The minimum atomic E-state index is -0.570. The molecule has 1 atom stereocenters. The minimum absolute atomic E-state index is 0.132. The van der Waals surface area contributed by atoms with Gasteiger partial charge in [0.25, 0.3) is 5.91 Å². The highest BCUT2D eigenvalue weighted by Gasteiger charge is 2.30. The van der Waals surface area contributed by atoms with E-state index >= 15 is 0 Å². The van der Waals surface area contributed by atoms with Crippen molar-refractivity contribution in [2.45, 2.75) is 33.7 Å². The molecule has 0 bridgehead atoms. The van der Waals surface area contributed by atoms with Gasteiger partial charge in [0.1, 0.15) is 11.8 Å². The first-order chi connectivity index (χ1) is 18.2. The Kier molecular flexibility index (Phi) is 8.53. The Labute approximate surface area is 227 Å². The summed E-state index contributed by atoms with van der Waals surface area (Å²) in [6.45, 7) is 7.81. The third-order valence-electron chi connectivity index (χ3n) is 6.09. The molecule has 0 saturated heterocycles. The lowest BCUT2D eigenvalue weighted by Gasteiger charge is -2.27. The molecule has 196 valence electrons. The molecule has 38 heavy (non-hydrogen) atoms. The van der Waals surface area contributed by atoms with Crippen LogP contribution in [0.15, 0.2) is 83.0 Å². The van der Waals surface area contributed by atoms with Gasteiger partial charge in [-0.1, -0.05) is 48.2 Å².